The van der Waals surface area contributed by atoms with Crippen LogP contribution in [0.4, 0.5) is 13.2 Å². The van der Waals surface area contributed by atoms with Gasteiger partial charge in [0.05, 0.1) is 11.1 Å². The number of aromatic amines is 1. The Morgan fingerprint density at radius 2 is 2.00 bits per heavy atom. The van der Waals surface area contributed by atoms with E-state index >= 15 is 0 Å². The van der Waals surface area contributed by atoms with Crippen LogP contribution < -0.4 is 0 Å². The van der Waals surface area contributed by atoms with Crippen molar-refractivity contribution < 1.29 is 13.2 Å². The maximum atomic E-state index is 12.9. The van der Waals surface area contributed by atoms with E-state index in [0.29, 0.717) is 11.3 Å². The predicted molar refractivity (Wildman–Crippen MR) is 71.1 cm³/mol. The van der Waals surface area contributed by atoms with Gasteiger partial charge in [0.1, 0.15) is 0 Å². The summed E-state index contributed by atoms with van der Waals surface area (Å²) < 4.78 is 38.7. The standard InChI is InChI=1S/C15H18F3N/c1-3-5-10(2)8-11-9-19-14-12(11)6-4-7-13(14)15(16,17)18/h4,6-7,9-10,19H,3,5,8H2,1-2H3. The number of rotatable bonds is 4. The number of benzene rings is 1. The first-order valence-corrected chi connectivity index (χ1v) is 6.59. The second-order valence-electron chi connectivity index (χ2n) is 5.14. The fraction of sp³-hybridized carbons (Fsp3) is 0.467. The fourth-order valence-corrected chi connectivity index (χ4v) is 2.59. The van der Waals surface area contributed by atoms with Gasteiger partial charge in [0.2, 0.25) is 0 Å². The van der Waals surface area contributed by atoms with Gasteiger partial charge in [-0.3, -0.25) is 0 Å². The summed E-state index contributed by atoms with van der Waals surface area (Å²) in [4.78, 5) is 2.79. The lowest BCUT2D eigenvalue weighted by Crippen LogP contribution is -2.05. The highest BCUT2D eigenvalue weighted by Gasteiger charge is 2.33. The summed E-state index contributed by atoms with van der Waals surface area (Å²) in [6.07, 6.45) is 0.404. The molecular weight excluding hydrogens is 251 g/mol. The van der Waals surface area contributed by atoms with Crippen molar-refractivity contribution in [3.63, 3.8) is 0 Å². The highest BCUT2D eigenvalue weighted by atomic mass is 19.4. The fourth-order valence-electron chi connectivity index (χ4n) is 2.59. The molecule has 0 bridgehead atoms. The summed E-state index contributed by atoms with van der Waals surface area (Å²) in [6.45, 7) is 4.25. The molecule has 1 heterocycles. The number of aromatic nitrogens is 1. The van der Waals surface area contributed by atoms with Crippen molar-refractivity contribution in [3.8, 4) is 0 Å². The van der Waals surface area contributed by atoms with Crippen LogP contribution in [0.1, 0.15) is 37.8 Å². The van der Waals surface area contributed by atoms with Gasteiger partial charge in [-0.15, -0.1) is 0 Å². The highest BCUT2D eigenvalue weighted by Crippen LogP contribution is 2.35. The molecule has 1 unspecified atom stereocenters. The Hall–Kier alpha value is -1.45. The number of fused-ring (bicyclic) bond motifs is 1. The van der Waals surface area contributed by atoms with Gasteiger partial charge in [0.25, 0.3) is 0 Å². The molecule has 4 heteroatoms. The zero-order valence-electron chi connectivity index (χ0n) is 11.1. The number of nitrogens with one attached hydrogen (secondary N) is 1. The number of hydrogen-bond acceptors (Lipinski definition) is 0. The average molecular weight is 269 g/mol. The Balaban J connectivity index is 2.39. The highest BCUT2D eigenvalue weighted by molar-refractivity contribution is 5.86. The Bertz CT molecular complexity index is 554. The van der Waals surface area contributed by atoms with E-state index in [0.717, 1.165) is 30.9 Å². The molecule has 1 aromatic heterocycles. The van der Waals surface area contributed by atoms with Gasteiger partial charge in [-0.25, -0.2) is 0 Å². The molecule has 0 saturated heterocycles. The maximum Gasteiger partial charge on any atom is 0.418 e. The van der Waals surface area contributed by atoms with E-state index in [1.54, 1.807) is 12.3 Å². The monoisotopic (exact) mass is 269 g/mol. The van der Waals surface area contributed by atoms with Crippen LogP contribution in [-0.4, -0.2) is 4.98 Å². The summed E-state index contributed by atoms with van der Waals surface area (Å²) in [5, 5.41) is 0.692. The van der Waals surface area contributed by atoms with Crippen LogP contribution in [0.5, 0.6) is 0 Å². The maximum absolute atomic E-state index is 12.9. The lowest BCUT2D eigenvalue weighted by Gasteiger charge is -2.10. The van der Waals surface area contributed by atoms with Crippen LogP contribution in [0, 0.1) is 5.92 Å². The van der Waals surface area contributed by atoms with Gasteiger partial charge in [-0.1, -0.05) is 38.8 Å². The van der Waals surface area contributed by atoms with Gasteiger partial charge >= 0.3 is 6.18 Å². The van der Waals surface area contributed by atoms with Crippen LogP contribution in [-0.2, 0) is 12.6 Å². The molecule has 0 spiro atoms. The van der Waals surface area contributed by atoms with Crippen molar-refractivity contribution in [2.24, 2.45) is 5.92 Å². The van der Waals surface area contributed by atoms with Crippen molar-refractivity contribution >= 4 is 10.9 Å². The molecule has 1 N–H and O–H groups in total. The van der Waals surface area contributed by atoms with Crippen LogP contribution in [0.3, 0.4) is 0 Å². The lowest BCUT2D eigenvalue weighted by molar-refractivity contribution is -0.136. The molecule has 1 atom stereocenters. The second kappa shape index (κ2) is 5.27. The zero-order valence-corrected chi connectivity index (χ0v) is 11.1. The van der Waals surface area contributed by atoms with E-state index in [-0.39, 0.29) is 5.52 Å². The number of halogens is 3. The average Bonchev–Trinajstić information content (AvgIpc) is 2.71. The van der Waals surface area contributed by atoms with Crippen molar-refractivity contribution in [2.75, 3.05) is 0 Å². The normalized spacial score (nSPS) is 13.9. The summed E-state index contributed by atoms with van der Waals surface area (Å²) in [6, 6.07) is 4.36. The molecular formula is C15H18F3N. The topological polar surface area (TPSA) is 15.8 Å². The summed E-state index contributed by atoms with van der Waals surface area (Å²) in [5.74, 6) is 0.485. The number of hydrogen-bond donors (Lipinski definition) is 1. The van der Waals surface area contributed by atoms with E-state index in [2.05, 4.69) is 18.8 Å². The predicted octanol–water partition coefficient (Wildman–Crippen LogP) is 5.17. The molecule has 0 radical (unpaired) electrons. The van der Waals surface area contributed by atoms with Gasteiger partial charge < -0.3 is 4.98 Å². The van der Waals surface area contributed by atoms with E-state index in [1.165, 1.54) is 6.07 Å². The molecule has 19 heavy (non-hydrogen) atoms. The van der Waals surface area contributed by atoms with Gasteiger partial charge in [-0.05, 0) is 24.0 Å². The van der Waals surface area contributed by atoms with Gasteiger partial charge in [-0.2, -0.15) is 13.2 Å². The third-order valence-electron chi connectivity index (χ3n) is 3.46. The van der Waals surface area contributed by atoms with Crippen molar-refractivity contribution in [1.29, 1.82) is 0 Å². The zero-order chi connectivity index (χ0) is 14.0. The van der Waals surface area contributed by atoms with E-state index in [9.17, 15) is 13.2 Å². The van der Waals surface area contributed by atoms with Gasteiger partial charge in [0.15, 0.2) is 0 Å². The van der Waals surface area contributed by atoms with E-state index < -0.39 is 11.7 Å². The van der Waals surface area contributed by atoms with Crippen molar-refractivity contribution in [1.82, 2.24) is 4.98 Å². The van der Waals surface area contributed by atoms with Crippen LogP contribution in [0.15, 0.2) is 24.4 Å². The Morgan fingerprint density at radius 3 is 2.63 bits per heavy atom. The molecule has 0 saturated carbocycles. The summed E-state index contributed by atoms with van der Waals surface area (Å²) in [7, 11) is 0. The minimum absolute atomic E-state index is 0.202. The second-order valence-corrected chi connectivity index (χ2v) is 5.14. The quantitative estimate of drug-likeness (QED) is 0.788. The Morgan fingerprint density at radius 1 is 1.26 bits per heavy atom. The summed E-state index contributed by atoms with van der Waals surface area (Å²) in [5.41, 5.74) is 0.593. The van der Waals surface area contributed by atoms with E-state index in [1.807, 2.05) is 0 Å². The largest absolute Gasteiger partial charge is 0.418 e. The molecule has 0 aliphatic rings. The molecule has 1 nitrogen and oxygen atoms in total. The van der Waals surface area contributed by atoms with Gasteiger partial charge in [0, 0.05) is 11.6 Å². The number of para-hydroxylation sites is 1. The lowest BCUT2D eigenvalue weighted by atomic mass is 9.96. The third kappa shape index (κ3) is 2.94. The van der Waals surface area contributed by atoms with E-state index in [4.69, 9.17) is 0 Å². The molecule has 0 aliphatic carbocycles. The number of H-pyrrole nitrogens is 1. The minimum Gasteiger partial charge on any atom is -0.360 e. The number of alkyl halides is 3. The smallest absolute Gasteiger partial charge is 0.360 e. The molecule has 0 amide bonds. The van der Waals surface area contributed by atoms with Crippen LogP contribution in [0.25, 0.3) is 10.9 Å². The first-order chi connectivity index (χ1) is 8.93. The summed E-state index contributed by atoms with van der Waals surface area (Å²) >= 11 is 0. The third-order valence-corrected chi connectivity index (χ3v) is 3.46. The molecule has 0 fully saturated rings. The molecule has 1 aromatic carbocycles. The first-order valence-electron chi connectivity index (χ1n) is 6.59. The molecule has 0 aliphatic heterocycles. The Kier molecular flexibility index (Phi) is 3.88. The molecule has 2 rings (SSSR count). The van der Waals surface area contributed by atoms with Crippen LogP contribution in [0.2, 0.25) is 0 Å². The first kappa shape index (κ1) is 14.0. The Labute approximate surface area is 110 Å². The molecule has 2 aromatic rings. The minimum atomic E-state index is -4.31. The SMILES string of the molecule is CCCC(C)Cc1c[nH]c2c(C(F)(F)F)cccc12. The van der Waals surface area contributed by atoms with Crippen molar-refractivity contribution in [2.45, 2.75) is 39.3 Å². The van der Waals surface area contributed by atoms with Crippen LogP contribution >= 0.6 is 0 Å². The molecule has 104 valence electrons. The van der Waals surface area contributed by atoms with Crippen molar-refractivity contribution in [3.05, 3.63) is 35.5 Å².